The Kier molecular flexibility index (Phi) is 8.89. The van der Waals surface area contributed by atoms with Crippen LogP contribution in [-0.2, 0) is 9.47 Å². The average molecular weight is 300 g/mol. The van der Waals surface area contributed by atoms with Crippen LogP contribution in [-0.4, -0.2) is 60.2 Å². The molecule has 0 aromatic carbocycles. The molecule has 2 amide bonds. The van der Waals surface area contributed by atoms with E-state index in [-0.39, 0.29) is 11.9 Å². The van der Waals surface area contributed by atoms with Gasteiger partial charge in [0, 0.05) is 33.9 Å². The van der Waals surface area contributed by atoms with E-state index in [1.807, 2.05) is 4.90 Å². The predicted octanol–water partition coefficient (Wildman–Crippen LogP) is 2.05. The molecule has 1 fully saturated rings. The lowest BCUT2D eigenvalue weighted by Gasteiger charge is -2.23. The van der Waals surface area contributed by atoms with Gasteiger partial charge in [-0.15, -0.1) is 0 Å². The second-order valence-corrected chi connectivity index (χ2v) is 6.79. The fraction of sp³-hybridized carbons (Fsp3) is 0.929. The number of methoxy groups -OCH3 is 2. The molecule has 0 aliphatic carbocycles. The zero-order chi connectivity index (χ0) is 14.8. The highest BCUT2D eigenvalue weighted by atomic mass is 28.2. The van der Waals surface area contributed by atoms with Gasteiger partial charge in [-0.3, -0.25) is 0 Å². The molecule has 0 bridgehead atoms. The number of amides is 2. The van der Waals surface area contributed by atoms with Crippen LogP contribution in [0.1, 0.15) is 39.0 Å². The molecule has 1 heterocycles. The number of hydrogen-bond donors (Lipinski definition) is 1. The summed E-state index contributed by atoms with van der Waals surface area (Å²) in [6, 6.07) is 0.0793. The number of carbonyl (C=O) groups excluding carboxylic acids is 1. The van der Waals surface area contributed by atoms with Crippen molar-refractivity contribution in [2.75, 3.05) is 33.9 Å². The number of hydrogen-bond acceptors (Lipinski definition) is 3. The summed E-state index contributed by atoms with van der Waals surface area (Å²) in [4.78, 5) is 13.5. The standard InChI is InChI=1S/C14H28N2O3Si/c1-4-5-6-7-12(20-14(18-2)19-3)8-10-16-11-9-15-13(16)17/h12,14H,4-11H2,1-3H3,(H,15,17). The Morgan fingerprint density at radius 1 is 1.30 bits per heavy atom. The van der Waals surface area contributed by atoms with Gasteiger partial charge >= 0.3 is 6.03 Å². The van der Waals surface area contributed by atoms with Gasteiger partial charge < -0.3 is 19.7 Å². The fourth-order valence-corrected chi connectivity index (χ4v) is 3.74. The molecule has 1 saturated heterocycles. The van der Waals surface area contributed by atoms with E-state index in [1.54, 1.807) is 14.2 Å². The summed E-state index contributed by atoms with van der Waals surface area (Å²) in [6.07, 6.45) is 6.00. The van der Waals surface area contributed by atoms with Gasteiger partial charge in [0.15, 0.2) is 0 Å². The fourth-order valence-electron chi connectivity index (χ4n) is 2.41. The topological polar surface area (TPSA) is 50.8 Å². The minimum absolute atomic E-state index is 0.0793. The molecule has 1 aliphatic rings. The predicted molar refractivity (Wildman–Crippen MR) is 81.0 cm³/mol. The molecular formula is C14H28N2O3Si. The third-order valence-corrected chi connectivity index (χ3v) is 5.44. The van der Waals surface area contributed by atoms with Crippen LogP contribution in [0, 0.1) is 0 Å². The van der Waals surface area contributed by atoms with Crippen molar-refractivity contribution in [1.29, 1.82) is 0 Å². The Bertz CT molecular complexity index is 275. The number of nitrogens with zero attached hydrogens (tertiary/aromatic N) is 1. The molecule has 1 unspecified atom stereocenters. The first-order chi connectivity index (χ1) is 9.71. The summed E-state index contributed by atoms with van der Waals surface area (Å²) in [5, 5.41) is 2.85. The van der Waals surface area contributed by atoms with Gasteiger partial charge in [-0.05, 0) is 12.0 Å². The van der Waals surface area contributed by atoms with Crippen LogP contribution in [0.5, 0.6) is 0 Å². The molecular weight excluding hydrogens is 272 g/mol. The molecule has 6 heteroatoms. The third-order valence-electron chi connectivity index (χ3n) is 3.65. The van der Waals surface area contributed by atoms with Gasteiger partial charge in [0.2, 0.25) is 0 Å². The van der Waals surface area contributed by atoms with Gasteiger partial charge in [0.1, 0.15) is 15.4 Å². The van der Waals surface area contributed by atoms with Gasteiger partial charge in [-0.1, -0.05) is 32.6 Å². The third kappa shape index (κ3) is 6.24. The second-order valence-electron chi connectivity index (χ2n) is 5.17. The van der Waals surface area contributed by atoms with Crippen molar-refractivity contribution in [3.63, 3.8) is 0 Å². The Morgan fingerprint density at radius 3 is 2.60 bits per heavy atom. The molecule has 1 atom stereocenters. The van der Waals surface area contributed by atoms with E-state index >= 15 is 0 Å². The first-order valence-corrected chi connectivity index (χ1v) is 8.71. The van der Waals surface area contributed by atoms with E-state index in [9.17, 15) is 4.79 Å². The molecule has 5 nitrogen and oxygen atoms in total. The van der Waals surface area contributed by atoms with Crippen LogP contribution in [0.4, 0.5) is 4.79 Å². The number of unbranched alkanes of at least 4 members (excludes halogenated alkanes) is 2. The van der Waals surface area contributed by atoms with Crippen molar-refractivity contribution < 1.29 is 14.3 Å². The lowest BCUT2D eigenvalue weighted by molar-refractivity contribution is -0.0450. The van der Waals surface area contributed by atoms with Crippen LogP contribution in [0.15, 0.2) is 0 Å². The number of carbonyl (C=O) groups is 1. The molecule has 1 rings (SSSR count). The summed E-state index contributed by atoms with van der Waals surface area (Å²) >= 11 is 0. The van der Waals surface area contributed by atoms with Gasteiger partial charge in [-0.2, -0.15) is 0 Å². The number of nitrogens with one attached hydrogen (secondary N) is 1. The number of ether oxygens (including phenoxy) is 2. The second kappa shape index (κ2) is 10.2. The molecule has 1 N–H and O–H groups in total. The molecule has 0 saturated carbocycles. The van der Waals surface area contributed by atoms with E-state index < -0.39 is 0 Å². The van der Waals surface area contributed by atoms with Crippen LogP contribution in [0.3, 0.4) is 0 Å². The maximum atomic E-state index is 11.5. The van der Waals surface area contributed by atoms with Crippen LogP contribution in [0.2, 0.25) is 5.54 Å². The normalized spacial score (nSPS) is 16.8. The van der Waals surface area contributed by atoms with Crippen LogP contribution in [0.25, 0.3) is 0 Å². The summed E-state index contributed by atoms with van der Waals surface area (Å²) in [7, 11) is 4.02. The lowest BCUT2D eigenvalue weighted by atomic mass is 10.1. The molecule has 0 spiro atoms. The first kappa shape index (κ1) is 17.5. The van der Waals surface area contributed by atoms with Gasteiger partial charge in [0.25, 0.3) is 0 Å². The Hall–Kier alpha value is -0.593. The van der Waals surface area contributed by atoms with Crippen molar-refractivity contribution in [1.82, 2.24) is 10.2 Å². The van der Waals surface area contributed by atoms with E-state index in [2.05, 4.69) is 12.2 Å². The maximum Gasteiger partial charge on any atom is 0.317 e. The molecule has 0 aromatic rings. The Morgan fingerprint density at radius 2 is 2.05 bits per heavy atom. The quantitative estimate of drug-likeness (QED) is 0.361. The van der Waals surface area contributed by atoms with Crippen LogP contribution >= 0.6 is 0 Å². The SMILES string of the molecule is CCCCCC(CCN1CCNC1=O)[Si]C(OC)OC. The molecule has 2 radical (unpaired) electrons. The van der Waals surface area contributed by atoms with E-state index in [0.29, 0.717) is 15.1 Å². The van der Waals surface area contributed by atoms with E-state index in [4.69, 9.17) is 9.47 Å². The maximum absolute atomic E-state index is 11.5. The number of rotatable bonds is 11. The van der Waals surface area contributed by atoms with Crippen LogP contribution < -0.4 is 5.32 Å². The molecule has 116 valence electrons. The van der Waals surface area contributed by atoms with Crippen molar-refractivity contribution >= 4 is 15.6 Å². The van der Waals surface area contributed by atoms with E-state index in [0.717, 1.165) is 26.1 Å². The molecule has 0 aromatic heterocycles. The van der Waals surface area contributed by atoms with Crippen molar-refractivity contribution in [3.05, 3.63) is 0 Å². The minimum Gasteiger partial charge on any atom is -0.360 e. The highest BCUT2D eigenvalue weighted by Crippen LogP contribution is 2.21. The average Bonchev–Trinajstić information content (AvgIpc) is 2.87. The smallest absolute Gasteiger partial charge is 0.317 e. The molecule has 1 aliphatic heterocycles. The summed E-state index contributed by atoms with van der Waals surface area (Å²) in [6.45, 7) is 4.68. The van der Waals surface area contributed by atoms with Gasteiger partial charge in [-0.25, -0.2) is 4.79 Å². The van der Waals surface area contributed by atoms with Gasteiger partial charge in [0.05, 0.1) is 0 Å². The summed E-state index contributed by atoms with van der Waals surface area (Å²) in [5.74, 6) is -0.103. The molecule has 20 heavy (non-hydrogen) atoms. The van der Waals surface area contributed by atoms with E-state index in [1.165, 1.54) is 25.7 Å². The zero-order valence-electron chi connectivity index (χ0n) is 13.0. The summed E-state index contributed by atoms with van der Waals surface area (Å²) in [5.41, 5.74) is 0.583. The first-order valence-electron chi connectivity index (χ1n) is 7.55. The summed E-state index contributed by atoms with van der Waals surface area (Å²) < 4.78 is 10.7. The number of urea groups is 1. The zero-order valence-corrected chi connectivity index (χ0v) is 14.0. The van der Waals surface area contributed by atoms with Crippen molar-refractivity contribution in [2.24, 2.45) is 0 Å². The highest BCUT2D eigenvalue weighted by molar-refractivity contribution is 6.38. The Labute approximate surface area is 125 Å². The monoisotopic (exact) mass is 300 g/mol. The lowest BCUT2D eigenvalue weighted by Crippen LogP contribution is -2.32. The minimum atomic E-state index is -0.103. The Balaban J connectivity index is 2.37. The largest absolute Gasteiger partial charge is 0.360 e. The van der Waals surface area contributed by atoms with Crippen molar-refractivity contribution in [2.45, 2.75) is 50.5 Å². The van der Waals surface area contributed by atoms with Crippen molar-refractivity contribution in [3.8, 4) is 0 Å². The highest BCUT2D eigenvalue weighted by Gasteiger charge is 2.22.